The van der Waals surface area contributed by atoms with E-state index in [1.165, 1.54) is 18.2 Å². The average Bonchev–Trinajstić information content (AvgIpc) is 2.36. The van der Waals surface area contributed by atoms with Gasteiger partial charge in [0.15, 0.2) is 5.11 Å². The van der Waals surface area contributed by atoms with Gasteiger partial charge in [0, 0.05) is 11.8 Å². The molecule has 3 nitrogen and oxygen atoms in total. The zero-order valence-corrected chi connectivity index (χ0v) is 10.5. The van der Waals surface area contributed by atoms with Gasteiger partial charge in [-0.25, -0.2) is 8.78 Å². The van der Waals surface area contributed by atoms with Gasteiger partial charge in [0.2, 0.25) is 0 Å². The molecule has 19 heavy (non-hydrogen) atoms. The van der Waals surface area contributed by atoms with Gasteiger partial charge >= 0.3 is 0 Å². The number of rotatable bonds is 2. The van der Waals surface area contributed by atoms with Crippen molar-refractivity contribution in [1.29, 1.82) is 0 Å². The van der Waals surface area contributed by atoms with Crippen LogP contribution in [-0.4, -0.2) is 10.2 Å². The van der Waals surface area contributed by atoms with Crippen LogP contribution in [0.3, 0.4) is 0 Å². The number of phenols is 1. The molecule has 0 aliphatic carbocycles. The third kappa shape index (κ3) is 3.62. The maximum atomic E-state index is 13.4. The van der Waals surface area contributed by atoms with Crippen LogP contribution < -0.4 is 10.6 Å². The van der Waals surface area contributed by atoms with Crippen LogP contribution in [-0.2, 0) is 0 Å². The Balaban J connectivity index is 2.03. The minimum atomic E-state index is -0.727. The number of thiocarbonyl (C=S) groups is 1. The molecule has 98 valence electrons. The summed E-state index contributed by atoms with van der Waals surface area (Å²) < 4.78 is 26.1. The lowest BCUT2D eigenvalue weighted by atomic mass is 10.3. The highest BCUT2D eigenvalue weighted by Crippen LogP contribution is 2.17. The van der Waals surface area contributed by atoms with E-state index in [-0.39, 0.29) is 16.5 Å². The predicted octanol–water partition coefficient (Wildman–Crippen LogP) is 3.48. The standard InChI is InChI=1S/C13H10F2N2OS/c14-8-1-6-12(11(15)7-8)17-13(19)16-9-2-4-10(18)5-3-9/h1-7,18H,(H2,16,17,19). The molecule has 2 aromatic carbocycles. The van der Waals surface area contributed by atoms with Gasteiger partial charge in [0.05, 0.1) is 5.69 Å². The molecule has 0 aliphatic rings. The second kappa shape index (κ2) is 5.62. The van der Waals surface area contributed by atoms with Crippen molar-refractivity contribution < 1.29 is 13.9 Å². The summed E-state index contributed by atoms with van der Waals surface area (Å²) in [6, 6.07) is 9.37. The van der Waals surface area contributed by atoms with Crippen LogP contribution in [0.2, 0.25) is 0 Å². The first-order valence-corrected chi connectivity index (χ1v) is 5.77. The van der Waals surface area contributed by atoms with Crippen LogP contribution in [0, 0.1) is 11.6 Å². The van der Waals surface area contributed by atoms with Crippen molar-refractivity contribution in [2.45, 2.75) is 0 Å². The Morgan fingerprint density at radius 2 is 1.68 bits per heavy atom. The lowest BCUT2D eigenvalue weighted by Gasteiger charge is -2.11. The van der Waals surface area contributed by atoms with E-state index in [4.69, 9.17) is 17.3 Å². The van der Waals surface area contributed by atoms with E-state index in [9.17, 15) is 8.78 Å². The largest absolute Gasteiger partial charge is 0.508 e. The molecular formula is C13H10F2N2OS. The van der Waals surface area contributed by atoms with Gasteiger partial charge < -0.3 is 15.7 Å². The van der Waals surface area contributed by atoms with E-state index in [0.29, 0.717) is 5.69 Å². The molecule has 0 saturated carbocycles. The highest BCUT2D eigenvalue weighted by molar-refractivity contribution is 7.80. The molecule has 2 rings (SSSR count). The van der Waals surface area contributed by atoms with Gasteiger partial charge in [-0.15, -0.1) is 0 Å². The van der Waals surface area contributed by atoms with Crippen molar-refractivity contribution in [3.63, 3.8) is 0 Å². The van der Waals surface area contributed by atoms with Crippen molar-refractivity contribution in [3.05, 3.63) is 54.1 Å². The van der Waals surface area contributed by atoms with E-state index in [1.807, 2.05) is 0 Å². The summed E-state index contributed by atoms with van der Waals surface area (Å²) in [6.07, 6.45) is 0. The maximum absolute atomic E-state index is 13.4. The van der Waals surface area contributed by atoms with Crippen LogP contribution in [0.1, 0.15) is 0 Å². The van der Waals surface area contributed by atoms with Gasteiger partial charge in [0.1, 0.15) is 17.4 Å². The Morgan fingerprint density at radius 1 is 1.00 bits per heavy atom. The summed E-state index contributed by atoms with van der Waals surface area (Å²) in [7, 11) is 0. The fourth-order valence-electron chi connectivity index (χ4n) is 1.42. The zero-order chi connectivity index (χ0) is 13.8. The first-order valence-electron chi connectivity index (χ1n) is 5.37. The Bertz CT molecular complexity index is 602. The first-order chi connectivity index (χ1) is 9.04. The van der Waals surface area contributed by atoms with Gasteiger partial charge in [-0.3, -0.25) is 0 Å². The fraction of sp³-hybridized carbons (Fsp3) is 0. The minimum Gasteiger partial charge on any atom is -0.508 e. The monoisotopic (exact) mass is 280 g/mol. The summed E-state index contributed by atoms with van der Waals surface area (Å²) >= 11 is 5.00. The van der Waals surface area contributed by atoms with Crippen molar-refractivity contribution in [1.82, 2.24) is 0 Å². The van der Waals surface area contributed by atoms with Gasteiger partial charge in [0.25, 0.3) is 0 Å². The van der Waals surface area contributed by atoms with Crippen molar-refractivity contribution >= 4 is 28.7 Å². The second-order valence-electron chi connectivity index (χ2n) is 3.75. The Hall–Kier alpha value is -2.21. The molecule has 0 atom stereocenters. The summed E-state index contributed by atoms with van der Waals surface area (Å²) in [5, 5.41) is 14.7. The summed E-state index contributed by atoms with van der Waals surface area (Å²) in [4.78, 5) is 0. The smallest absolute Gasteiger partial charge is 0.175 e. The summed E-state index contributed by atoms with van der Waals surface area (Å²) in [5.74, 6) is -1.25. The van der Waals surface area contributed by atoms with Gasteiger partial charge in [-0.1, -0.05) is 0 Å². The van der Waals surface area contributed by atoms with Crippen LogP contribution in [0.25, 0.3) is 0 Å². The van der Waals surface area contributed by atoms with Crippen molar-refractivity contribution in [2.24, 2.45) is 0 Å². The van der Waals surface area contributed by atoms with Crippen LogP contribution in [0.15, 0.2) is 42.5 Å². The number of halogens is 2. The number of hydrogen-bond donors (Lipinski definition) is 3. The lowest BCUT2D eigenvalue weighted by molar-refractivity contribution is 0.475. The molecule has 0 saturated heterocycles. The number of nitrogens with one attached hydrogen (secondary N) is 2. The van der Waals surface area contributed by atoms with Crippen LogP contribution >= 0.6 is 12.2 Å². The number of benzene rings is 2. The molecule has 6 heteroatoms. The topological polar surface area (TPSA) is 44.3 Å². The molecule has 0 spiro atoms. The highest BCUT2D eigenvalue weighted by Gasteiger charge is 2.05. The van der Waals surface area contributed by atoms with E-state index < -0.39 is 11.6 Å². The van der Waals surface area contributed by atoms with Crippen LogP contribution in [0.4, 0.5) is 20.2 Å². The quantitative estimate of drug-likeness (QED) is 0.582. The second-order valence-corrected chi connectivity index (χ2v) is 4.16. The third-order valence-electron chi connectivity index (χ3n) is 2.30. The zero-order valence-electron chi connectivity index (χ0n) is 9.65. The maximum Gasteiger partial charge on any atom is 0.175 e. The molecule has 3 N–H and O–H groups in total. The fourth-order valence-corrected chi connectivity index (χ4v) is 1.65. The Labute approximate surface area is 113 Å². The van der Waals surface area contributed by atoms with Gasteiger partial charge in [-0.2, -0.15) is 0 Å². The molecule has 2 aromatic rings. The predicted molar refractivity (Wildman–Crippen MR) is 74.3 cm³/mol. The van der Waals surface area contributed by atoms with E-state index >= 15 is 0 Å². The number of phenolic OH excluding ortho intramolecular Hbond substituents is 1. The molecule has 0 heterocycles. The van der Waals surface area contributed by atoms with Crippen molar-refractivity contribution in [2.75, 3.05) is 10.6 Å². The molecule has 0 radical (unpaired) electrons. The molecule has 0 bridgehead atoms. The number of aromatic hydroxyl groups is 1. The Morgan fingerprint density at radius 3 is 2.32 bits per heavy atom. The highest BCUT2D eigenvalue weighted by atomic mass is 32.1. The van der Waals surface area contributed by atoms with Crippen LogP contribution in [0.5, 0.6) is 5.75 Å². The van der Waals surface area contributed by atoms with Crippen molar-refractivity contribution in [3.8, 4) is 5.75 Å². The van der Waals surface area contributed by atoms with E-state index in [1.54, 1.807) is 12.1 Å². The molecule has 0 aliphatic heterocycles. The molecular weight excluding hydrogens is 270 g/mol. The SMILES string of the molecule is Oc1ccc(NC(=S)Nc2ccc(F)cc2F)cc1. The molecule has 0 aromatic heterocycles. The lowest BCUT2D eigenvalue weighted by Crippen LogP contribution is -2.19. The minimum absolute atomic E-state index is 0.0812. The third-order valence-corrected chi connectivity index (χ3v) is 2.51. The molecule has 0 unspecified atom stereocenters. The number of anilines is 2. The molecule has 0 amide bonds. The first kappa shape index (κ1) is 13.2. The Kier molecular flexibility index (Phi) is 3.91. The summed E-state index contributed by atoms with van der Waals surface area (Å²) in [5.41, 5.74) is 0.718. The number of hydrogen-bond acceptors (Lipinski definition) is 2. The summed E-state index contributed by atoms with van der Waals surface area (Å²) in [6.45, 7) is 0. The average molecular weight is 280 g/mol. The van der Waals surface area contributed by atoms with E-state index in [0.717, 1.165) is 12.1 Å². The molecule has 0 fully saturated rings. The van der Waals surface area contributed by atoms with E-state index in [2.05, 4.69) is 10.6 Å². The normalized spacial score (nSPS) is 10.0. The van der Waals surface area contributed by atoms with Gasteiger partial charge in [-0.05, 0) is 48.6 Å².